The Hall–Kier alpha value is -2.62. The molecule has 28 heavy (non-hydrogen) atoms. The molecule has 0 saturated carbocycles. The Morgan fingerprint density at radius 3 is 2.11 bits per heavy atom. The highest BCUT2D eigenvalue weighted by molar-refractivity contribution is 5.48. The number of alkyl halides is 3. The third kappa shape index (κ3) is 4.11. The van der Waals surface area contributed by atoms with Crippen LogP contribution in [0.5, 0.6) is 0 Å². The van der Waals surface area contributed by atoms with Gasteiger partial charge in [0.15, 0.2) is 0 Å². The van der Waals surface area contributed by atoms with Gasteiger partial charge in [-0.15, -0.1) is 0 Å². The number of morpholine rings is 1. The standard InChI is InChI=1S/C18H21F3N6O/c19-18(20,21)14-1-3-22-16(13-14)26-7-5-25(6-8-26)15-2-4-23-17(24-15)27-9-11-28-12-10-27/h1-4,13H,5-12H2. The van der Waals surface area contributed by atoms with Crippen molar-refractivity contribution in [2.75, 3.05) is 67.2 Å². The molecule has 7 nitrogen and oxygen atoms in total. The minimum Gasteiger partial charge on any atom is -0.378 e. The highest BCUT2D eigenvalue weighted by Crippen LogP contribution is 2.31. The molecule has 0 bridgehead atoms. The lowest BCUT2D eigenvalue weighted by Gasteiger charge is -2.36. The number of piperazine rings is 1. The molecule has 4 rings (SSSR count). The van der Waals surface area contributed by atoms with Crippen LogP contribution in [0.4, 0.5) is 30.8 Å². The molecule has 2 aliphatic heterocycles. The normalized spacial score (nSPS) is 18.5. The molecule has 0 unspecified atom stereocenters. The van der Waals surface area contributed by atoms with Crippen LogP contribution in [0.25, 0.3) is 0 Å². The second-order valence-electron chi connectivity index (χ2n) is 6.69. The molecule has 0 radical (unpaired) electrons. The Morgan fingerprint density at radius 2 is 1.43 bits per heavy atom. The highest BCUT2D eigenvalue weighted by Gasteiger charge is 2.31. The van der Waals surface area contributed by atoms with Crippen LogP contribution in [0.3, 0.4) is 0 Å². The smallest absolute Gasteiger partial charge is 0.378 e. The number of aromatic nitrogens is 3. The van der Waals surface area contributed by atoms with Gasteiger partial charge in [-0.25, -0.2) is 9.97 Å². The SMILES string of the molecule is FC(F)(F)c1ccnc(N2CCN(c3ccnc(N4CCOCC4)n3)CC2)c1. The maximum atomic E-state index is 12.9. The molecule has 0 atom stereocenters. The lowest BCUT2D eigenvalue weighted by molar-refractivity contribution is -0.137. The number of nitrogens with zero attached hydrogens (tertiary/aromatic N) is 6. The van der Waals surface area contributed by atoms with Crippen LogP contribution in [-0.2, 0) is 10.9 Å². The second kappa shape index (κ2) is 7.78. The summed E-state index contributed by atoms with van der Waals surface area (Å²) in [4.78, 5) is 19.2. The molecule has 4 heterocycles. The van der Waals surface area contributed by atoms with Crippen molar-refractivity contribution in [2.24, 2.45) is 0 Å². The topological polar surface area (TPSA) is 57.6 Å². The van der Waals surface area contributed by atoms with E-state index in [0.717, 1.165) is 31.0 Å². The third-order valence-electron chi connectivity index (χ3n) is 4.92. The van der Waals surface area contributed by atoms with Crippen LogP contribution in [0.2, 0.25) is 0 Å². The summed E-state index contributed by atoms with van der Waals surface area (Å²) in [5, 5.41) is 0. The fourth-order valence-electron chi connectivity index (χ4n) is 3.36. The summed E-state index contributed by atoms with van der Waals surface area (Å²) in [7, 11) is 0. The van der Waals surface area contributed by atoms with Crippen molar-refractivity contribution in [1.82, 2.24) is 15.0 Å². The second-order valence-corrected chi connectivity index (χ2v) is 6.69. The summed E-state index contributed by atoms with van der Waals surface area (Å²) in [5.41, 5.74) is -0.675. The predicted molar refractivity (Wildman–Crippen MR) is 98.7 cm³/mol. The molecule has 0 aliphatic carbocycles. The Labute approximate surface area is 160 Å². The van der Waals surface area contributed by atoms with E-state index < -0.39 is 11.7 Å². The van der Waals surface area contributed by atoms with Gasteiger partial charge in [0.1, 0.15) is 11.6 Å². The molecule has 2 fully saturated rings. The lowest BCUT2D eigenvalue weighted by atomic mass is 10.2. The number of anilines is 3. The van der Waals surface area contributed by atoms with Gasteiger partial charge in [0.2, 0.25) is 5.95 Å². The van der Waals surface area contributed by atoms with Crippen molar-refractivity contribution in [3.8, 4) is 0 Å². The first-order chi connectivity index (χ1) is 13.5. The van der Waals surface area contributed by atoms with E-state index in [-0.39, 0.29) is 0 Å². The van der Waals surface area contributed by atoms with Crippen LogP contribution in [-0.4, -0.2) is 67.4 Å². The number of pyridine rings is 1. The average Bonchev–Trinajstić information content (AvgIpc) is 2.74. The molecular formula is C18H21F3N6O. The van der Waals surface area contributed by atoms with Gasteiger partial charge in [0.05, 0.1) is 18.8 Å². The Balaban J connectivity index is 1.42. The van der Waals surface area contributed by atoms with Crippen molar-refractivity contribution in [1.29, 1.82) is 0 Å². The number of halogens is 3. The molecule has 150 valence electrons. The highest BCUT2D eigenvalue weighted by atomic mass is 19.4. The maximum absolute atomic E-state index is 12.9. The van der Waals surface area contributed by atoms with Crippen molar-refractivity contribution < 1.29 is 17.9 Å². The number of hydrogen-bond donors (Lipinski definition) is 0. The van der Waals surface area contributed by atoms with Gasteiger partial charge in [0.25, 0.3) is 0 Å². The van der Waals surface area contributed by atoms with E-state index in [9.17, 15) is 13.2 Å². The first-order valence-electron chi connectivity index (χ1n) is 9.19. The van der Waals surface area contributed by atoms with Crippen LogP contribution < -0.4 is 14.7 Å². The quantitative estimate of drug-likeness (QED) is 0.790. The molecule has 2 aromatic heterocycles. The molecule has 0 spiro atoms. The van der Waals surface area contributed by atoms with Crippen LogP contribution in [0, 0.1) is 0 Å². The van der Waals surface area contributed by atoms with Crippen molar-refractivity contribution in [3.63, 3.8) is 0 Å². The van der Waals surface area contributed by atoms with Gasteiger partial charge in [0, 0.05) is 51.7 Å². The predicted octanol–water partition coefficient (Wildman–Crippen LogP) is 2.05. The van der Waals surface area contributed by atoms with Crippen LogP contribution in [0.1, 0.15) is 5.56 Å². The number of ether oxygens (including phenoxy) is 1. The fourth-order valence-corrected chi connectivity index (χ4v) is 3.36. The molecule has 2 aromatic rings. The number of rotatable bonds is 3. The van der Waals surface area contributed by atoms with E-state index in [2.05, 4.69) is 24.8 Å². The van der Waals surface area contributed by atoms with E-state index in [1.54, 1.807) is 6.20 Å². The fraction of sp³-hybridized carbons (Fsp3) is 0.500. The van der Waals surface area contributed by atoms with Crippen molar-refractivity contribution in [2.45, 2.75) is 6.18 Å². The molecule has 0 aromatic carbocycles. The molecular weight excluding hydrogens is 373 g/mol. The number of hydrogen-bond acceptors (Lipinski definition) is 7. The third-order valence-corrected chi connectivity index (χ3v) is 4.92. The van der Waals surface area contributed by atoms with Crippen LogP contribution >= 0.6 is 0 Å². The summed E-state index contributed by atoms with van der Waals surface area (Å²) in [6.07, 6.45) is -1.41. The zero-order valence-electron chi connectivity index (χ0n) is 15.3. The monoisotopic (exact) mass is 394 g/mol. The lowest BCUT2D eigenvalue weighted by Crippen LogP contribution is -2.47. The van der Waals surface area contributed by atoms with Gasteiger partial charge in [-0.1, -0.05) is 0 Å². The zero-order valence-corrected chi connectivity index (χ0v) is 15.3. The van der Waals surface area contributed by atoms with Gasteiger partial charge < -0.3 is 19.4 Å². The molecule has 10 heteroatoms. The van der Waals surface area contributed by atoms with Crippen molar-refractivity contribution in [3.05, 3.63) is 36.2 Å². The summed E-state index contributed by atoms with van der Waals surface area (Å²) >= 11 is 0. The Morgan fingerprint density at radius 1 is 0.786 bits per heavy atom. The minimum atomic E-state index is -4.36. The summed E-state index contributed by atoms with van der Waals surface area (Å²) < 4.78 is 44.1. The summed E-state index contributed by atoms with van der Waals surface area (Å²) in [6.45, 7) is 5.30. The minimum absolute atomic E-state index is 0.353. The van der Waals surface area contributed by atoms with Crippen LogP contribution in [0.15, 0.2) is 30.6 Å². The summed E-state index contributed by atoms with van der Waals surface area (Å²) in [6, 6.07) is 3.97. The van der Waals surface area contributed by atoms with E-state index >= 15 is 0 Å². The van der Waals surface area contributed by atoms with E-state index in [0.29, 0.717) is 51.2 Å². The maximum Gasteiger partial charge on any atom is 0.416 e. The van der Waals surface area contributed by atoms with E-state index in [1.165, 1.54) is 6.20 Å². The summed E-state index contributed by atoms with van der Waals surface area (Å²) in [5.74, 6) is 1.86. The van der Waals surface area contributed by atoms with Crippen molar-refractivity contribution >= 4 is 17.6 Å². The van der Waals surface area contributed by atoms with E-state index in [1.807, 2.05) is 11.0 Å². The molecule has 0 N–H and O–H groups in total. The first-order valence-corrected chi connectivity index (χ1v) is 9.19. The Bertz CT molecular complexity index is 804. The van der Waals surface area contributed by atoms with Gasteiger partial charge in [-0.2, -0.15) is 18.2 Å². The first kappa shape index (κ1) is 18.7. The van der Waals surface area contributed by atoms with Gasteiger partial charge in [-0.05, 0) is 18.2 Å². The van der Waals surface area contributed by atoms with Gasteiger partial charge in [-0.3, -0.25) is 0 Å². The molecule has 2 aliphatic rings. The molecule has 2 saturated heterocycles. The molecule has 0 amide bonds. The van der Waals surface area contributed by atoms with E-state index in [4.69, 9.17) is 4.74 Å². The average molecular weight is 394 g/mol. The Kier molecular flexibility index (Phi) is 5.21. The largest absolute Gasteiger partial charge is 0.416 e. The zero-order chi connectivity index (χ0) is 19.6. The van der Waals surface area contributed by atoms with Gasteiger partial charge >= 0.3 is 6.18 Å².